The predicted molar refractivity (Wildman–Crippen MR) is 134 cm³/mol. The molecule has 192 valence electrons. The Balaban J connectivity index is 1.51. The number of hydrogen-bond donors (Lipinski definition) is 2. The molecule has 0 unspecified atom stereocenters. The number of rotatable bonds is 7. The van der Waals surface area contributed by atoms with E-state index < -0.39 is 42.0 Å². The topological polar surface area (TPSA) is 88.0 Å². The summed E-state index contributed by atoms with van der Waals surface area (Å²) in [6.45, 7) is 4.45. The van der Waals surface area contributed by atoms with Gasteiger partial charge in [-0.15, -0.1) is 0 Å². The fourth-order valence-corrected chi connectivity index (χ4v) is 7.91. The molecule has 0 amide bonds. The fraction of sp³-hybridized carbons (Fsp3) is 0.500. The molecule has 1 saturated carbocycles. The van der Waals surface area contributed by atoms with Crippen LogP contribution in [0.15, 0.2) is 30.5 Å². The van der Waals surface area contributed by atoms with Gasteiger partial charge in [0.25, 0.3) is 0 Å². The number of anilines is 1. The summed E-state index contributed by atoms with van der Waals surface area (Å²) < 4.78 is 59.4. The molecule has 0 spiro atoms. The second kappa shape index (κ2) is 8.80. The van der Waals surface area contributed by atoms with Crippen LogP contribution in [0.25, 0.3) is 10.9 Å². The summed E-state index contributed by atoms with van der Waals surface area (Å²) in [5.41, 5.74) is -2.04. The highest BCUT2D eigenvalue weighted by atomic mass is 31.2. The van der Waals surface area contributed by atoms with Gasteiger partial charge in [0.15, 0.2) is 0 Å². The highest BCUT2D eigenvalue weighted by Gasteiger charge is 2.59. The number of halogens is 3. The summed E-state index contributed by atoms with van der Waals surface area (Å²) >= 11 is 0. The van der Waals surface area contributed by atoms with Gasteiger partial charge in [-0.05, 0) is 64.5 Å². The van der Waals surface area contributed by atoms with Gasteiger partial charge in [0.1, 0.15) is 35.6 Å². The lowest BCUT2D eigenvalue weighted by Gasteiger charge is -2.34. The quantitative estimate of drug-likeness (QED) is 0.392. The molecule has 2 atom stereocenters. The number of pyridine rings is 1. The van der Waals surface area contributed by atoms with Crippen LogP contribution in [0.5, 0.6) is 0 Å². The van der Waals surface area contributed by atoms with E-state index in [0.717, 1.165) is 25.8 Å². The van der Waals surface area contributed by atoms with Gasteiger partial charge in [-0.3, -0.25) is 4.98 Å². The Bertz CT molecular complexity index is 1370. The maximum atomic E-state index is 15.5. The second-order valence-electron chi connectivity index (χ2n) is 10.3. The maximum absolute atomic E-state index is 15.5. The highest BCUT2D eigenvalue weighted by molar-refractivity contribution is 7.71. The van der Waals surface area contributed by atoms with Crippen LogP contribution in [-0.4, -0.2) is 38.0 Å². The molecule has 36 heavy (non-hydrogen) atoms. The molecule has 2 aliphatic rings. The summed E-state index contributed by atoms with van der Waals surface area (Å²) in [5.74, 6) is -4.52. The molecule has 3 aromatic rings. The first-order valence-corrected chi connectivity index (χ1v) is 14.4. The zero-order valence-electron chi connectivity index (χ0n) is 20.6. The summed E-state index contributed by atoms with van der Waals surface area (Å²) in [5, 5.41) is 14.3. The van der Waals surface area contributed by atoms with E-state index in [1.165, 1.54) is 12.1 Å². The third-order valence-electron chi connectivity index (χ3n) is 7.58. The van der Waals surface area contributed by atoms with Crippen LogP contribution in [0.4, 0.5) is 19.0 Å². The number of hydrogen-bond acceptors (Lipinski definition) is 6. The minimum absolute atomic E-state index is 0.0288. The van der Waals surface area contributed by atoms with Gasteiger partial charge in [0.05, 0.1) is 23.3 Å². The number of nitrogens with one attached hydrogen (secondary N) is 1. The molecular weight excluding hydrogens is 488 g/mol. The first-order valence-electron chi connectivity index (χ1n) is 12.3. The summed E-state index contributed by atoms with van der Waals surface area (Å²) in [7, 11) is -2.56. The lowest BCUT2D eigenvalue weighted by atomic mass is 9.86. The van der Waals surface area contributed by atoms with E-state index in [9.17, 15) is 9.67 Å². The van der Waals surface area contributed by atoms with Gasteiger partial charge in [-0.25, -0.2) is 14.4 Å². The number of aliphatic hydroxyl groups is 1. The molecule has 10 heteroatoms. The largest absolute Gasteiger partial charge is 0.383 e. The van der Waals surface area contributed by atoms with Crippen LogP contribution in [0, 0.1) is 18.7 Å². The Morgan fingerprint density at radius 2 is 1.89 bits per heavy atom. The summed E-state index contributed by atoms with van der Waals surface area (Å²) in [4.78, 5) is 13.3. The highest BCUT2D eigenvalue weighted by Crippen LogP contribution is 2.53. The Labute approximate surface area is 208 Å². The molecule has 1 saturated heterocycles. The Kier molecular flexibility index (Phi) is 6.15. The van der Waals surface area contributed by atoms with Crippen LogP contribution in [0.3, 0.4) is 0 Å². The van der Waals surface area contributed by atoms with E-state index in [-0.39, 0.29) is 5.56 Å². The Morgan fingerprint density at radius 3 is 2.56 bits per heavy atom. The van der Waals surface area contributed by atoms with E-state index in [1.54, 1.807) is 26.1 Å². The summed E-state index contributed by atoms with van der Waals surface area (Å²) in [6.07, 6.45) is 5.60. The van der Waals surface area contributed by atoms with Crippen molar-refractivity contribution in [3.8, 4) is 0 Å². The van der Waals surface area contributed by atoms with Crippen molar-refractivity contribution in [2.45, 2.75) is 64.0 Å². The number of alkyl halides is 2. The molecule has 0 bridgehead atoms. The zero-order chi connectivity index (χ0) is 25.9. The molecule has 5 rings (SSSR count). The zero-order valence-corrected chi connectivity index (χ0v) is 21.5. The molecule has 2 fully saturated rings. The third kappa shape index (κ3) is 4.20. The van der Waals surface area contributed by atoms with Crippen LogP contribution in [0.2, 0.25) is 0 Å². The maximum Gasteiger partial charge on any atom is 0.304 e. The normalized spacial score (nSPS) is 20.3. The van der Waals surface area contributed by atoms with E-state index in [1.807, 2.05) is 0 Å². The first kappa shape index (κ1) is 25.2. The monoisotopic (exact) mass is 518 g/mol. The van der Waals surface area contributed by atoms with Crippen molar-refractivity contribution in [2.75, 3.05) is 17.6 Å². The molecule has 2 N–H and O–H groups in total. The van der Waals surface area contributed by atoms with Crippen molar-refractivity contribution in [2.24, 2.45) is 5.92 Å². The minimum atomic E-state index is -3.75. The third-order valence-corrected chi connectivity index (χ3v) is 10.7. The van der Waals surface area contributed by atoms with E-state index in [4.69, 9.17) is 0 Å². The molecule has 1 aliphatic carbocycles. The van der Waals surface area contributed by atoms with Gasteiger partial charge < -0.3 is 15.0 Å². The SMILES string of the molecule is Cc1nc(N[C@H](C)c2cccc(C(F)(F)[C@](C)(O)C3CC3)c2F)c2cc(P3(=O)CCCC3)ncc2n1. The first-order chi connectivity index (χ1) is 16.9. The van der Waals surface area contributed by atoms with Crippen LogP contribution in [0.1, 0.15) is 62.5 Å². The molecule has 2 aromatic heterocycles. The molecule has 0 radical (unpaired) electrons. The number of benzene rings is 1. The van der Waals surface area contributed by atoms with Crippen molar-refractivity contribution < 1.29 is 22.8 Å². The van der Waals surface area contributed by atoms with Crippen molar-refractivity contribution in [1.29, 1.82) is 0 Å². The van der Waals surface area contributed by atoms with Crippen molar-refractivity contribution in [3.05, 3.63) is 53.2 Å². The van der Waals surface area contributed by atoms with Gasteiger partial charge >= 0.3 is 5.92 Å². The van der Waals surface area contributed by atoms with Crippen molar-refractivity contribution in [3.63, 3.8) is 0 Å². The van der Waals surface area contributed by atoms with Gasteiger partial charge in [0, 0.05) is 23.3 Å². The molecule has 1 aliphatic heterocycles. The van der Waals surface area contributed by atoms with Gasteiger partial charge in [-0.1, -0.05) is 12.1 Å². The number of fused-ring (bicyclic) bond motifs is 1. The van der Waals surface area contributed by atoms with E-state index in [2.05, 4.69) is 20.3 Å². The average Bonchev–Trinajstić information content (AvgIpc) is 3.60. The molecular formula is C26H30F3N4O2P. The number of aryl methyl sites for hydroxylation is 1. The smallest absolute Gasteiger partial charge is 0.304 e. The second-order valence-corrected chi connectivity index (χ2v) is 13.4. The lowest BCUT2D eigenvalue weighted by Crippen LogP contribution is -2.45. The van der Waals surface area contributed by atoms with E-state index >= 15 is 13.2 Å². The number of nitrogens with zero attached hydrogens (tertiary/aromatic N) is 3. The Morgan fingerprint density at radius 1 is 1.19 bits per heavy atom. The Hall–Kier alpha value is -2.51. The summed E-state index contributed by atoms with van der Waals surface area (Å²) in [6, 6.07) is 4.86. The van der Waals surface area contributed by atoms with Crippen molar-refractivity contribution in [1.82, 2.24) is 15.0 Å². The fourth-order valence-electron chi connectivity index (χ4n) is 5.13. The average molecular weight is 519 g/mol. The minimum Gasteiger partial charge on any atom is -0.383 e. The van der Waals surface area contributed by atoms with E-state index in [0.29, 0.717) is 53.1 Å². The molecule has 3 heterocycles. The lowest BCUT2D eigenvalue weighted by molar-refractivity contribution is -0.191. The molecule has 1 aromatic carbocycles. The number of aromatic nitrogens is 3. The van der Waals surface area contributed by atoms with Crippen LogP contribution < -0.4 is 10.8 Å². The van der Waals surface area contributed by atoms with Crippen molar-refractivity contribution >= 4 is 29.3 Å². The van der Waals surface area contributed by atoms with Gasteiger partial charge in [0.2, 0.25) is 0 Å². The predicted octanol–water partition coefficient (Wildman–Crippen LogP) is 5.68. The molecule has 6 nitrogen and oxygen atoms in total. The van der Waals surface area contributed by atoms with Gasteiger partial charge in [-0.2, -0.15) is 8.78 Å². The van der Waals surface area contributed by atoms with Crippen LogP contribution in [-0.2, 0) is 10.5 Å². The standard InChI is InChI=1S/C26H30F3N4O2P/c1-15(18-7-6-8-20(23(18)27)26(28,29)25(3,34)17-9-10-17)31-24-19-13-22(36(35)11-4-5-12-36)30-14-21(19)32-16(2)33-24/h6-8,13-15,17,34H,4-5,9-12H2,1-3H3,(H,31,32,33)/t15-,25-/m1/s1. The van der Waals surface area contributed by atoms with Crippen LogP contribution >= 0.6 is 7.14 Å².